The number of rotatable bonds is 5. The fourth-order valence-corrected chi connectivity index (χ4v) is 3.73. The van der Waals surface area contributed by atoms with Gasteiger partial charge in [0.25, 0.3) is 0 Å². The lowest BCUT2D eigenvalue weighted by molar-refractivity contribution is -0.151. The van der Waals surface area contributed by atoms with Crippen LogP contribution in [0.2, 0.25) is 0 Å². The monoisotopic (exact) mass is 231 g/mol. The number of likely N-dealkylation sites (N-methyl/N-ethyl adjacent to an activating group) is 1. The lowest BCUT2D eigenvalue weighted by Gasteiger charge is -2.40. The van der Waals surface area contributed by atoms with E-state index in [0.717, 1.165) is 30.9 Å². The molecule has 0 amide bonds. The summed E-state index contributed by atoms with van der Waals surface area (Å²) in [6.45, 7) is 7.11. The molecule has 0 aliphatic carbocycles. The van der Waals surface area contributed by atoms with E-state index in [-0.39, 0.29) is 0 Å². The van der Waals surface area contributed by atoms with Crippen molar-refractivity contribution < 1.29 is 9.90 Å². The highest BCUT2D eigenvalue weighted by Crippen LogP contribution is 2.35. The molecule has 1 rings (SSSR count). The Hall–Kier alpha value is -0.220. The van der Waals surface area contributed by atoms with Gasteiger partial charge >= 0.3 is 5.97 Å². The van der Waals surface area contributed by atoms with Crippen molar-refractivity contribution in [1.82, 2.24) is 4.90 Å². The predicted molar refractivity (Wildman–Crippen MR) is 64.4 cm³/mol. The van der Waals surface area contributed by atoms with E-state index in [9.17, 15) is 9.90 Å². The molecule has 1 aliphatic heterocycles. The van der Waals surface area contributed by atoms with Crippen LogP contribution in [-0.2, 0) is 4.79 Å². The van der Waals surface area contributed by atoms with Gasteiger partial charge in [0, 0.05) is 11.8 Å². The SMILES string of the molecule is CCC(C)N(CC)C1(C(=O)O)CCSC1. The van der Waals surface area contributed by atoms with Crippen molar-refractivity contribution in [2.24, 2.45) is 0 Å². The lowest BCUT2D eigenvalue weighted by atomic mass is 9.94. The first-order valence-electron chi connectivity index (χ1n) is 5.66. The zero-order valence-electron chi connectivity index (χ0n) is 9.82. The summed E-state index contributed by atoms with van der Waals surface area (Å²) < 4.78 is 0. The van der Waals surface area contributed by atoms with Crippen LogP contribution in [0.3, 0.4) is 0 Å². The van der Waals surface area contributed by atoms with E-state index in [0.29, 0.717) is 6.04 Å². The Morgan fingerprint density at radius 1 is 1.60 bits per heavy atom. The molecule has 0 aromatic rings. The van der Waals surface area contributed by atoms with Crippen molar-refractivity contribution >= 4 is 17.7 Å². The van der Waals surface area contributed by atoms with Crippen molar-refractivity contribution in [2.75, 3.05) is 18.1 Å². The topological polar surface area (TPSA) is 40.5 Å². The summed E-state index contributed by atoms with van der Waals surface area (Å²) >= 11 is 1.76. The molecule has 4 heteroatoms. The van der Waals surface area contributed by atoms with Gasteiger partial charge in [-0.2, -0.15) is 11.8 Å². The highest BCUT2D eigenvalue weighted by Gasteiger charge is 2.47. The van der Waals surface area contributed by atoms with Crippen LogP contribution < -0.4 is 0 Å². The second-order valence-electron chi connectivity index (χ2n) is 4.18. The van der Waals surface area contributed by atoms with Crippen molar-refractivity contribution in [3.8, 4) is 0 Å². The minimum Gasteiger partial charge on any atom is -0.480 e. The molecule has 15 heavy (non-hydrogen) atoms. The molecule has 0 radical (unpaired) electrons. The fraction of sp³-hybridized carbons (Fsp3) is 0.909. The van der Waals surface area contributed by atoms with E-state index in [2.05, 4.69) is 25.7 Å². The van der Waals surface area contributed by atoms with E-state index >= 15 is 0 Å². The highest BCUT2D eigenvalue weighted by molar-refractivity contribution is 7.99. The number of thioether (sulfide) groups is 1. The first-order valence-corrected chi connectivity index (χ1v) is 6.81. The van der Waals surface area contributed by atoms with Gasteiger partial charge in [0.05, 0.1) is 0 Å². The molecule has 88 valence electrons. The molecular weight excluding hydrogens is 210 g/mol. The molecule has 0 aromatic heterocycles. The number of hydrogen-bond donors (Lipinski definition) is 1. The summed E-state index contributed by atoms with van der Waals surface area (Å²) in [6.07, 6.45) is 1.79. The number of hydrogen-bond acceptors (Lipinski definition) is 3. The maximum absolute atomic E-state index is 11.5. The Morgan fingerprint density at radius 2 is 2.27 bits per heavy atom. The Bertz CT molecular complexity index is 227. The third kappa shape index (κ3) is 2.31. The molecule has 0 spiro atoms. The maximum Gasteiger partial charge on any atom is 0.325 e. The van der Waals surface area contributed by atoms with Crippen molar-refractivity contribution in [3.63, 3.8) is 0 Å². The second kappa shape index (κ2) is 5.21. The summed E-state index contributed by atoms with van der Waals surface area (Å²) in [5.41, 5.74) is -0.602. The zero-order chi connectivity index (χ0) is 11.5. The van der Waals surface area contributed by atoms with Crippen LogP contribution >= 0.6 is 11.8 Å². The molecule has 0 saturated carbocycles. The van der Waals surface area contributed by atoms with Crippen LogP contribution in [0.5, 0.6) is 0 Å². The molecule has 2 unspecified atom stereocenters. The van der Waals surface area contributed by atoms with Crippen LogP contribution in [0.15, 0.2) is 0 Å². The van der Waals surface area contributed by atoms with Gasteiger partial charge in [-0.3, -0.25) is 9.69 Å². The number of carboxylic acid groups (broad SMARTS) is 1. The summed E-state index contributed by atoms with van der Waals surface area (Å²) in [4.78, 5) is 13.7. The maximum atomic E-state index is 11.5. The summed E-state index contributed by atoms with van der Waals surface area (Å²) in [5, 5.41) is 9.45. The van der Waals surface area contributed by atoms with E-state index in [4.69, 9.17) is 0 Å². The average molecular weight is 231 g/mol. The Balaban J connectivity index is 2.90. The van der Waals surface area contributed by atoms with Crippen LogP contribution in [-0.4, -0.2) is 45.6 Å². The number of aliphatic carboxylic acids is 1. The first kappa shape index (κ1) is 12.8. The van der Waals surface area contributed by atoms with Crippen LogP contribution in [0.4, 0.5) is 0 Å². The molecule has 1 saturated heterocycles. The summed E-state index contributed by atoms with van der Waals surface area (Å²) in [7, 11) is 0. The molecule has 3 nitrogen and oxygen atoms in total. The van der Waals surface area contributed by atoms with E-state index in [1.165, 1.54) is 0 Å². The highest BCUT2D eigenvalue weighted by atomic mass is 32.2. The quantitative estimate of drug-likeness (QED) is 0.786. The average Bonchev–Trinajstić information content (AvgIpc) is 2.69. The van der Waals surface area contributed by atoms with Gasteiger partial charge in [-0.15, -0.1) is 0 Å². The third-order valence-electron chi connectivity index (χ3n) is 3.41. The third-order valence-corrected chi connectivity index (χ3v) is 4.59. The Kier molecular flexibility index (Phi) is 4.46. The standard InChI is InChI=1S/C11H21NO2S/c1-4-9(3)12(5-2)11(10(13)14)6-7-15-8-11/h9H,4-8H2,1-3H3,(H,13,14). The van der Waals surface area contributed by atoms with Crippen molar-refractivity contribution in [3.05, 3.63) is 0 Å². The fourth-order valence-electron chi connectivity index (χ4n) is 2.33. The zero-order valence-corrected chi connectivity index (χ0v) is 10.6. The van der Waals surface area contributed by atoms with Crippen molar-refractivity contribution in [1.29, 1.82) is 0 Å². The first-order chi connectivity index (χ1) is 7.08. The molecule has 1 heterocycles. The number of nitrogens with zero attached hydrogens (tertiary/aromatic N) is 1. The van der Waals surface area contributed by atoms with Crippen LogP contribution in [0.1, 0.15) is 33.6 Å². The van der Waals surface area contributed by atoms with Gasteiger partial charge in [-0.05, 0) is 32.1 Å². The van der Waals surface area contributed by atoms with Gasteiger partial charge in [0.15, 0.2) is 0 Å². The van der Waals surface area contributed by atoms with Crippen molar-refractivity contribution in [2.45, 2.75) is 45.2 Å². The van der Waals surface area contributed by atoms with Gasteiger partial charge < -0.3 is 5.11 Å². The molecule has 1 fully saturated rings. The van der Waals surface area contributed by atoms with Gasteiger partial charge in [-0.1, -0.05) is 13.8 Å². The molecule has 1 N–H and O–H groups in total. The van der Waals surface area contributed by atoms with Gasteiger partial charge in [0.2, 0.25) is 0 Å². The normalized spacial score (nSPS) is 28.3. The Labute approximate surface area is 96.2 Å². The smallest absolute Gasteiger partial charge is 0.325 e. The minimum atomic E-state index is -0.644. The summed E-state index contributed by atoms with van der Waals surface area (Å²) in [5.74, 6) is 1.06. The molecule has 2 atom stereocenters. The van der Waals surface area contributed by atoms with E-state index in [1.807, 2.05) is 0 Å². The van der Waals surface area contributed by atoms with Crippen LogP contribution in [0, 0.1) is 0 Å². The summed E-state index contributed by atoms with van der Waals surface area (Å²) in [6, 6.07) is 0.352. The second-order valence-corrected chi connectivity index (χ2v) is 5.29. The molecule has 0 aromatic carbocycles. The number of carboxylic acids is 1. The van der Waals surface area contributed by atoms with Gasteiger partial charge in [-0.25, -0.2) is 0 Å². The Morgan fingerprint density at radius 3 is 2.60 bits per heavy atom. The van der Waals surface area contributed by atoms with E-state index in [1.54, 1.807) is 11.8 Å². The molecular formula is C11H21NO2S. The predicted octanol–water partition coefficient (Wildman–Crippen LogP) is 2.07. The molecule has 1 aliphatic rings. The number of carbonyl (C=O) groups is 1. The van der Waals surface area contributed by atoms with E-state index < -0.39 is 11.5 Å². The van der Waals surface area contributed by atoms with Crippen LogP contribution in [0.25, 0.3) is 0 Å². The lowest BCUT2D eigenvalue weighted by Crippen LogP contribution is -2.58. The molecule has 0 bridgehead atoms. The van der Waals surface area contributed by atoms with Gasteiger partial charge in [0.1, 0.15) is 5.54 Å². The largest absolute Gasteiger partial charge is 0.480 e. The minimum absolute atomic E-state index is 0.352.